The molecule has 0 aliphatic rings. The lowest BCUT2D eigenvalue weighted by Crippen LogP contribution is -2.34. The molecule has 0 spiro atoms. The molecule has 3 rings (SSSR count). The third-order valence-electron chi connectivity index (χ3n) is 4.16. The second-order valence-electron chi connectivity index (χ2n) is 5.94. The maximum Gasteiger partial charge on any atom is 0.233 e. The summed E-state index contributed by atoms with van der Waals surface area (Å²) in [6, 6.07) is 17.8. The number of hydrogen-bond donors (Lipinski definition) is 0. The van der Waals surface area contributed by atoms with Gasteiger partial charge in [-0.2, -0.15) is 0 Å². The van der Waals surface area contributed by atoms with Gasteiger partial charge in [-0.05, 0) is 36.2 Å². The van der Waals surface area contributed by atoms with E-state index in [-0.39, 0.29) is 11.9 Å². The number of aromatic nitrogens is 2. The van der Waals surface area contributed by atoms with Crippen molar-refractivity contribution in [3.8, 4) is 0 Å². The smallest absolute Gasteiger partial charge is 0.233 e. The largest absolute Gasteiger partial charge is 0.331 e. The van der Waals surface area contributed by atoms with Crippen LogP contribution in [-0.2, 0) is 11.3 Å². The highest BCUT2D eigenvalue weighted by Crippen LogP contribution is 2.25. The number of carbonyl (C=O) groups is 1. The quantitative estimate of drug-likeness (QED) is 0.585. The normalized spacial score (nSPS) is 11.7. The molecule has 2 aromatic heterocycles. The van der Waals surface area contributed by atoms with Crippen LogP contribution >= 0.6 is 11.8 Å². The van der Waals surface area contributed by atoms with E-state index in [2.05, 4.69) is 29.0 Å². The first-order chi connectivity index (χ1) is 12.7. The number of carbonyl (C=O) groups excluding carboxylic acids is 1. The van der Waals surface area contributed by atoms with Crippen LogP contribution in [0.4, 0.5) is 0 Å². The average molecular weight is 363 g/mol. The van der Waals surface area contributed by atoms with E-state index in [0.717, 1.165) is 16.0 Å². The topological polar surface area (TPSA) is 46.1 Å². The van der Waals surface area contributed by atoms with Gasteiger partial charge in [-0.25, -0.2) is 0 Å². The molecule has 0 saturated heterocycles. The summed E-state index contributed by atoms with van der Waals surface area (Å²) in [6.07, 6.45) is 7.04. The van der Waals surface area contributed by atoms with Gasteiger partial charge in [0, 0.05) is 36.2 Å². The number of amides is 1. The molecule has 1 aromatic carbocycles. The van der Waals surface area contributed by atoms with Gasteiger partial charge >= 0.3 is 0 Å². The molecule has 0 radical (unpaired) electrons. The highest BCUT2D eigenvalue weighted by molar-refractivity contribution is 8.00. The summed E-state index contributed by atoms with van der Waals surface area (Å²) in [6.45, 7) is 2.61. The SMILES string of the molecule is C[C@H](c1ccccc1)N(Cc1cccnc1)C(=O)CSc1ccncc1. The number of pyridine rings is 2. The molecular formula is C21H21N3OS. The van der Waals surface area contributed by atoms with Crippen molar-refractivity contribution in [1.29, 1.82) is 0 Å². The first-order valence-electron chi connectivity index (χ1n) is 8.50. The maximum absolute atomic E-state index is 13.0. The molecule has 26 heavy (non-hydrogen) atoms. The second kappa shape index (κ2) is 9.15. The average Bonchev–Trinajstić information content (AvgIpc) is 2.72. The Labute approximate surface area is 158 Å². The van der Waals surface area contributed by atoms with Crippen molar-refractivity contribution in [3.63, 3.8) is 0 Å². The van der Waals surface area contributed by atoms with Gasteiger partial charge in [0.25, 0.3) is 0 Å². The molecule has 5 heteroatoms. The Kier molecular flexibility index (Phi) is 6.39. The Morgan fingerprint density at radius 1 is 1.00 bits per heavy atom. The number of hydrogen-bond acceptors (Lipinski definition) is 4. The van der Waals surface area contributed by atoms with Gasteiger partial charge in [-0.3, -0.25) is 14.8 Å². The molecule has 0 N–H and O–H groups in total. The molecule has 0 bridgehead atoms. The van der Waals surface area contributed by atoms with Crippen LogP contribution in [0.2, 0.25) is 0 Å². The van der Waals surface area contributed by atoms with Crippen molar-refractivity contribution in [3.05, 3.63) is 90.5 Å². The van der Waals surface area contributed by atoms with E-state index < -0.39 is 0 Å². The summed E-state index contributed by atoms with van der Waals surface area (Å²) in [4.78, 5) is 24.2. The molecule has 3 aromatic rings. The lowest BCUT2D eigenvalue weighted by Gasteiger charge is -2.30. The van der Waals surface area contributed by atoms with Crippen LogP contribution in [0.25, 0.3) is 0 Å². The molecule has 0 aliphatic carbocycles. The van der Waals surface area contributed by atoms with Crippen molar-refractivity contribution in [2.45, 2.75) is 24.4 Å². The van der Waals surface area contributed by atoms with Gasteiger partial charge in [0.05, 0.1) is 11.8 Å². The van der Waals surface area contributed by atoms with Gasteiger partial charge in [-0.15, -0.1) is 11.8 Å². The van der Waals surface area contributed by atoms with E-state index in [1.807, 2.05) is 53.6 Å². The minimum absolute atomic E-state index is 0.0121. The van der Waals surface area contributed by atoms with Gasteiger partial charge < -0.3 is 4.90 Å². The summed E-state index contributed by atoms with van der Waals surface area (Å²) < 4.78 is 0. The Morgan fingerprint density at radius 2 is 1.77 bits per heavy atom. The minimum atomic E-state index is -0.0121. The van der Waals surface area contributed by atoms with E-state index in [9.17, 15) is 4.79 Å². The van der Waals surface area contributed by atoms with Gasteiger partial charge in [0.2, 0.25) is 5.91 Å². The number of thioether (sulfide) groups is 1. The van der Waals surface area contributed by atoms with Crippen LogP contribution in [0.5, 0.6) is 0 Å². The first-order valence-corrected chi connectivity index (χ1v) is 9.49. The van der Waals surface area contributed by atoms with Gasteiger partial charge in [0.1, 0.15) is 0 Å². The van der Waals surface area contributed by atoms with Crippen LogP contribution in [0.3, 0.4) is 0 Å². The zero-order valence-electron chi connectivity index (χ0n) is 14.7. The van der Waals surface area contributed by atoms with Crippen molar-refractivity contribution in [2.75, 3.05) is 5.75 Å². The molecule has 2 heterocycles. The molecular weight excluding hydrogens is 342 g/mol. The third-order valence-corrected chi connectivity index (χ3v) is 5.15. The van der Waals surface area contributed by atoms with Crippen molar-refractivity contribution < 1.29 is 4.79 Å². The van der Waals surface area contributed by atoms with Crippen LogP contribution < -0.4 is 0 Å². The molecule has 4 nitrogen and oxygen atoms in total. The monoisotopic (exact) mass is 363 g/mol. The molecule has 0 unspecified atom stereocenters. The molecule has 0 fully saturated rings. The Balaban J connectivity index is 1.76. The number of rotatable bonds is 7. The minimum Gasteiger partial charge on any atom is -0.331 e. The molecule has 0 aliphatic heterocycles. The van der Waals surface area contributed by atoms with E-state index in [0.29, 0.717) is 12.3 Å². The predicted molar refractivity (Wildman–Crippen MR) is 105 cm³/mol. The Morgan fingerprint density at radius 3 is 2.46 bits per heavy atom. The first kappa shape index (κ1) is 18.1. The lowest BCUT2D eigenvalue weighted by molar-refractivity contribution is -0.131. The molecule has 1 atom stereocenters. The highest BCUT2D eigenvalue weighted by Gasteiger charge is 2.22. The Hall–Kier alpha value is -2.66. The number of benzene rings is 1. The van der Waals surface area contributed by atoms with Gasteiger partial charge in [0.15, 0.2) is 0 Å². The highest BCUT2D eigenvalue weighted by atomic mass is 32.2. The van der Waals surface area contributed by atoms with Crippen LogP contribution in [-0.4, -0.2) is 26.5 Å². The zero-order valence-corrected chi connectivity index (χ0v) is 15.5. The summed E-state index contributed by atoms with van der Waals surface area (Å²) in [5.41, 5.74) is 2.15. The zero-order chi connectivity index (χ0) is 18.2. The summed E-state index contributed by atoms with van der Waals surface area (Å²) in [5.74, 6) is 0.494. The fourth-order valence-electron chi connectivity index (χ4n) is 2.70. The number of nitrogens with zero attached hydrogens (tertiary/aromatic N) is 3. The van der Waals surface area contributed by atoms with Gasteiger partial charge in [-0.1, -0.05) is 36.4 Å². The second-order valence-corrected chi connectivity index (χ2v) is 6.99. The predicted octanol–water partition coefficient (Wildman–Crippen LogP) is 4.36. The fraction of sp³-hybridized carbons (Fsp3) is 0.190. The molecule has 1 amide bonds. The van der Waals surface area contributed by atoms with E-state index >= 15 is 0 Å². The lowest BCUT2D eigenvalue weighted by atomic mass is 10.1. The van der Waals surface area contributed by atoms with Crippen molar-refractivity contribution in [2.24, 2.45) is 0 Å². The molecule has 132 valence electrons. The van der Waals surface area contributed by atoms with Crippen LogP contribution in [0.1, 0.15) is 24.1 Å². The van der Waals surface area contributed by atoms with E-state index in [1.54, 1.807) is 18.6 Å². The Bertz CT molecular complexity index is 812. The standard InChI is InChI=1S/C21H21N3OS/c1-17(19-7-3-2-4-8-19)24(15-18-6-5-11-23-14-18)21(25)16-26-20-9-12-22-13-10-20/h2-14,17H,15-16H2,1H3/t17-/m1/s1. The van der Waals surface area contributed by atoms with Crippen molar-refractivity contribution in [1.82, 2.24) is 14.9 Å². The van der Waals surface area contributed by atoms with Crippen LogP contribution in [0, 0.1) is 0 Å². The van der Waals surface area contributed by atoms with Crippen LogP contribution in [0.15, 0.2) is 84.3 Å². The maximum atomic E-state index is 13.0. The summed E-state index contributed by atoms with van der Waals surface area (Å²) in [7, 11) is 0. The summed E-state index contributed by atoms with van der Waals surface area (Å²) in [5, 5.41) is 0. The van der Waals surface area contributed by atoms with Crippen molar-refractivity contribution >= 4 is 17.7 Å². The fourth-order valence-corrected chi connectivity index (χ4v) is 3.47. The summed E-state index contributed by atoms with van der Waals surface area (Å²) >= 11 is 1.53. The van der Waals surface area contributed by atoms with E-state index in [1.165, 1.54) is 11.8 Å². The third kappa shape index (κ3) is 4.92. The molecule has 0 saturated carbocycles. The van der Waals surface area contributed by atoms with E-state index in [4.69, 9.17) is 0 Å².